The van der Waals surface area contributed by atoms with Crippen molar-refractivity contribution >= 4 is 17.9 Å². The second-order valence-electron chi connectivity index (χ2n) is 7.88. The number of ether oxygens (including phenoxy) is 1. The van der Waals surface area contributed by atoms with Gasteiger partial charge in [0.15, 0.2) is 0 Å². The Hall–Kier alpha value is -0.420. The van der Waals surface area contributed by atoms with Gasteiger partial charge in [0.1, 0.15) is 5.60 Å². The number of alkyl carbamates (subject to hydrolysis) is 1. The first-order chi connectivity index (χ1) is 10.9. The third kappa shape index (κ3) is 6.18. The molecule has 4 nitrogen and oxygen atoms in total. The quantitative estimate of drug-likeness (QED) is 0.767. The standard InChI is InChI=1S/C18H34N2O2S/c1-5-23-16-11-7-10-15(16)20-14-9-6-8-13(14)12-19-17(21)22-18(2,3)4/h13-16,20H,5-12H2,1-4H3,(H,19,21). The van der Waals surface area contributed by atoms with Gasteiger partial charge in [0.05, 0.1) is 0 Å². The monoisotopic (exact) mass is 342 g/mol. The van der Waals surface area contributed by atoms with Crippen molar-refractivity contribution < 1.29 is 9.53 Å². The molecule has 4 unspecified atom stereocenters. The number of hydrogen-bond donors (Lipinski definition) is 2. The Morgan fingerprint density at radius 1 is 1.13 bits per heavy atom. The van der Waals surface area contributed by atoms with Crippen LogP contribution in [-0.2, 0) is 4.74 Å². The van der Waals surface area contributed by atoms with Crippen LogP contribution in [-0.4, -0.2) is 41.3 Å². The predicted molar refractivity (Wildman–Crippen MR) is 98.1 cm³/mol. The fourth-order valence-electron chi connectivity index (χ4n) is 3.83. The molecule has 0 aliphatic heterocycles. The van der Waals surface area contributed by atoms with E-state index in [1.807, 2.05) is 20.8 Å². The average molecular weight is 343 g/mol. The van der Waals surface area contributed by atoms with Crippen LogP contribution >= 0.6 is 11.8 Å². The fraction of sp³-hybridized carbons (Fsp3) is 0.944. The van der Waals surface area contributed by atoms with Gasteiger partial charge < -0.3 is 15.4 Å². The molecule has 0 bridgehead atoms. The minimum absolute atomic E-state index is 0.288. The van der Waals surface area contributed by atoms with Crippen molar-refractivity contribution in [2.24, 2.45) is 5.92 Å². The number of rotatable bonds is 6. The first-order valence-corrected chi connectivity index (χ1v) is 10.3. The van der Waals surface area contributed by atoms with E-state index in [0.717, 1.165) is 11.8 Å². The van der Waals surface area contributed by atoms with Crippen molar-refractivity contribution in [2.45, 2.75) is 89.2 Å². The summed E-state index contributed by atoms with van der Waals surface area (Å²) in [7, 11) is 0. The van der Waals surface area contributed by atoms with Crippen LogP contribution in [0.5, 0.6) is 0 Å². The minimum Gasteiger partial charge on any atom is -0.444 e. The summed E-state index contributed by atoms with van der Waals surface area (Å²) in [6.07, 6.45) is 7.42. The summed E-state index contributed by atoms with van der Waals surface area (Å²) in [6.45, 7) is 8.68. The molecular formula is C18H34N2O2S. The lowest BCUT2D eigenvalue weighted by Gasteiger charge is -2.28. The molecule has 134 valence electrons. The molecule has 2 aliphatic rings. The van der Waals surface area contributed by atoms with Gasteiger partial charge in [-0.2, -0.15) is 11.8 Å². The largest absolute Gasteiger partial charge is 0.444 e. The number of hydrogen-bond acceptors (Lipinski definition) is 4. The highest BCUT2D eigenvalue weighted by molar-refractivity contribution is 7.99. The number of thioether (sulfide) groups is 1. The molecule has 0 heterocycles. The molecule has 2 N–H and O–H groups in total. The van der Waals surface area contributed by atoms with Crippen molar-refractivity contribution in [3.63, 3.8) is 0 Å². The first-order valence-electron chi connectivity index (χ1n) is 9.23. The molecule has 5 heteroatoms. The average Bonchev–Trinajstić information content (AvgIpc) is 3.06. The Labute approximate surface area is 145 Å². The molecule has 2 saturated carbocycles. The van der Waals surface area contributed by atoms with Crippen LogP contribution in [0.3, 0.4) is 0 Å². The zero-order valence-electron chi connectivity index (χ0n) is 15.2. The SMILES string of the molecule is CCSC1CCCC1NC1CCCC1CNC(=O)OC(C)(C)C. The zero-order chi connectivity index (χ0) is 16.9. The second kappa shape index (κ2) is 8.61. The normalized spacial score (nSPS) is 31.3. The van der Waals surface area contributed by atoms with Crippen molar-refractivity contribution in [3.05, 3.63) is 0 Å². The van der Waals surface area contributed by atoms with E-state index >= 15 is 0 Å². The molecule has 0 saturated heterocycles. The van der Waals surface area contributed by atoms with Gasteiger partial charge in [0.2, 0.25) is 0 Å². The van der Waals surface area contributed by atoms with E-state index in [1.54, 1.807) is 0 Å². The Kier molecular flexibility index (Phi) is 7.08. The molecule has 0 spiro atoms. The third-order valence-electron chi connectivity index (χ3n) is 4.83. The summed E-state index contributed by atoms with van der Waals surface area (Å²) in [5.74, 6) is 1.74. The molecule has 2 rings (SSSR count). The topological polar surface area (TPSA) is 50.4 Å². The van der Waals surface area contributed by atoms with E-state index in [4.69, 9.17) is 4.74 Å². The molecule has 0 aromatic rings. The second-order valence-corrected chi connectivity index (χ2v) is 9.39. The lowest BCUT2D eigenvalue weighted by atomic mass is 10.0. The Bertz CT molecular complexity index is 384. The Morgan fingerprint density at radius 3 is 2.52 bits per heavy atom. The minimum atomic E-state index is -0.425. The maximum atomic E-state index is 11.8. The van der Waals surface area contributed by atoms with E-state index < -0.39 is 5.60 Å². The van der Waals surface area contributed by atoms with Crippen molar-refractivity contribution in [1.82, 2.24) is 10.6 Å². The van der Waals surface area contributed by atoms with Crippen molar-refractivity contribution in [1.29, 1.82) is 0 Å². The summed E-state index contributed by atoms with van der Waals surface area (Å²) >= 11 is 2.10. The van der Waals surface area contributed by atoms with Crippen LogP contribution in [0.4, 0.5) is 4.79 Å². The first kappa shape index (κ1) is 18.9. The highest BCUT2D eigenvalue weighted by Gasteiger charge is 2.34. The molecule has 2 fully saturated rings. The van der Waals surface area contributed by atoms with E-state index in [9.17, 15) is 4.79 Å². The molecule has 4 atom stereocenters. The lowest BCUT2D eigenvalue weighted by molar-refractivity contribution is 0.0517. The predicted octanol–water partition coefficient (Wildman–Crippen LogP) is 3.94. The van der Waals surface area contributed by atoms with Gasteiger partial charge in [-0.25, -0.2) is 4.79 Å². The third-order valence-corrected chi connectivity index (χ3v) is 6.15. The van der Waals surface area contributed by atoms with Gasteiger partial charge in [0.25, 0.3) is 0 Å². The van der Waals surface area contributed by atoms with Gasteiger partial charge in [-0.1, -0.05) is 19.8 Å². The lowest BCUT2D eigenvalue weighted by Crippen LogP contribution is -2.46. The zero-order valence-corrected chi connectivity index (χ0v) is 16.0. The van der Waals surface area contributed by atoms with Crippen LogP contribution in [0.15, 0.2) is 0 Å². The van der Waals surface area contributed by atoms with Crippen LogP contribution in [0.2, 0.25) is 0 Å². The highest BCUT2D eigenvalue weighted by atomic mass is 32.2. The maximum absolute atomic E-state index is 11.8. The van der Waals surface area contributed by atoms with Gasteiger partial charge in [-0.3, -0.25) is 0 Å². The van der Waals surface area contributed by atoms with E-state index in [2.05, 4.69) is 29.3 Å². The van der Waals surface area contributed by atoms with Gasteiger partial charge in [-0.05, 0) is 58.1 Å². The molecule has 0 aromatic heterocycles. The van der Waals surface area contributed by atoms with Crippen LogP contribution < -0.4 is 10.6 Å². The molecule has 23 heavy (non-hydrogen) atoms. The molecule has 2 aliphatic carbocycles. The van der Waals surface area contributed by atoms with E-state index in [-0.39, 0.29) is 6.09 Å². The summed E-state index contributed by atoms with van der Waals surface area (Å²) in [5.41, 5.74) is -0.425. The number of carbonyl (C=O) groups is 1. The Morgan fingerprint density at radius 2 is 1.83 bits per heavy atom. The Balaban J connectivity index is 1.77. The van der Waals surface area contributed by atoms with Crippen molar-refractivity contribution in [3.8, 4) is 0 Å². The number of amides is 1. The van der Waals surface area contributed by atoms with E-state index in [1.165, 1.54) is 44.3 Å². The van der Waals surface area contributed by atoms with Crippen molar-refractivity contribution in [2.75, 3.05) is 12.3 Å². The number of nitrogens with one attached hydrogen (secondary N) is 2. The van der Waals surface area contributed by atoms with Crippen LogP contribution in [0, 0.1) is 5.92 Å². The van der Waals surface area contributed by atoms with Gasteiger partial charge >= 0.3 is 6.09 Å². The fourth-order valence-corrected chi connectivity index (χ4v) is 5.04. The summed E-state index contributed by atoms with van der Waals surface area (Å²) in [5, 5.41) is 7.67. The molecule has 0 aromatic carbocycles. The summed E-state index contributed by atoms with van der Waals surface area (Å²) in [4.78, 5) is 11.8. The molecule has 0 radical (unpaired) electrons. The van der Waals surface area contributed by atoms with Crippen LogP contribution in [0.1, 0.15) is 66.2 Å². The maximum Gasteiger partial charge on any atom is 0.407 e. The number of carbonyl (C=O) groups excluding carboxylic acids is 1. The summed E-state index contributed by atoms with van der Waals surface area (Å²) < 4.78 is 5.34. The van der Waals surface area contributed by atoms with Gasteiger partial charge in [0, 0.05) is 23.9 Å². The van der Waals surface area contributed by atoms with Gasteiger partial charge in [-0.15, -0.1) is 0 Å². The highest BCUT2D eigenvalue weighted by Crippen LogP contribution is 2.33. The van der Waals surface area contributed by atoms with Crippen LogP contribution in [0.25, 0.3) is 0 Å². The van der Waals surface area contributed by atoms with E-state index in [0.29, 0.717) is 18.0 Å². The molecule has 1 amide bonds. The summed E-state index contributed by atoms with van der Waals surface area (Å²) in [6, 6.07) is 1.21. The molecular weight excluding hydrogens is 308 g/mol. The smallest absolute Gasteiger partial charge is 0.407 e.